The zero-order chi connectivity index (χ0) is 12.6. The molecule has 1 atom stereocenters. The number of rotatable bonds is 2. The molecule has 1 aromatic carbocycles. The summed E-state index contributed by atoms with van der Waals surface area (Å²) in [7, 11) is 0. The fourth-order valence-electron chi connectivity index (χ4n) is 2.40. The van der Waals surface area contributed by atoms with Gasteiger partial charge in [-0.25, -0.2) is 0 Å². The third kappa shape index (κ3) is 2.32. The van der Waals surface area contributed by atoms with Gasteiger partial charge in [-0.3, -0.25) is 4.79 Å². The van der Waals surface area contributed by atoms with Crippen molar-refractivity contribution in [2.75, 3.05) is 4.90 Å². The quantitative estimate of drug-likeness (QED) is 0.783. The first-order valence-electron chi connectivity index (χ1n) is 6.09. The molecule has 0 aliphatic carbocycles. The lowest BCUT2D eigenvalue weighted by molar-refractivity contribution is -0.117. The van der Waals surface area contributed by atoms with E-state index in [-0.39, 0.29) is 5.91 Å². The van der Waals surface area contributed by atoms with Gasteiger partial charge in [0, 0.05) is 23.2 Å². The van der Waals surface area contributed by atoms with Gasteiger partial charge in [0.15, 0.2) is 0 Å². The van der Waals surface area contributed by atoms with Crippen LogP contribution in [0.2, 0.25) is 5.02 Å². The van der Waals surface area contributed by atoms with Crippen LogP contribution < -0.4 is 4.90 Å². The third-order valence-corrected chi connectivity index (χ3v) is 3.86. The van der Waals surface area contributed by atoms with Crippen molar-refractivity contribution in [2.24, 2.45) is 5.92 Å². The van der Waals surface area contributed by atoms with Crippen molar-refractivity contribution >= 4 is 23.2 Å². The molecule has 1 aromatic rings. The Morgan fingerprint density at radius 1 is 1.41 bits per heavy atom. The fourth-order valence-corrected chi connectivity index (χ4v) is 2.58. The van der Waals surface area contributed by atoms with Crippen LogP contribution in [0, 0.1) is 12.8 Å². The summed E-state index contributed by atoms with van der Waals surface area (Å²) in [5.74, 6) is 0.685. The summed E-state index contributed by atoms with van der Waals surface area (Å²) in [5.41, 5.74) is 1.98. The van der Waals surface area contributed by atoms with Crippen LogP contribution in [-0.4, -0.2) is 11.9 Å². The van der Waals surface area contributed by atoms with Crippen molar-refractivity contribution < 1.29 is 4.79 Å². The Balaban J connectivity index is 2.36. The average Bonchev–Trinajstić information content (AvgIpc) is 2.64. The first-order chi connectivity index (χ1) is 8.00. The Bertz CT molecular complexity index is 442. The van der Waals surface area contributed by atoms with Gasteiger partial charge in [-0.05, 0) is 37.0 Å². The maximum Gasteiger partial charge on any atom is 0.227 e. The molecule has 1 heterocycles. The molecular weight excluding hydrogens is 234 g/mol. The van der Waals surface area contributed by atoms with E-state index in [1.54, 1.807) is 0 Å². The van der Waals surface area contributed by atoms with Gasteiger partial charge in [0.25, 0.3) is 0 Å². The van der Waals surface area contributed by atoms with Crippen LogP contribution in [0.4, 0.5) is 5.69 Å². The minimum Gasteiger partial charge on any atom is -0.309 e. The third-order valence-electron chi connectivity index (χ3n) is 3.46. The second-order valence-electron chi connectivity index (χ2n) is 5.05. The van der Waals surface area contributed by atoms with E-state index in [0.29, 0.717) is 18.4 Å². The molecule has 2 rings (SSSR count). The molecule has 0 N–H and O–H groups in total. The zero-order valence-corrected chi connectivity index (χ0v) is 11.3. The van der Waals surface area contributed by atoms with Crippen LogP contribution >= 0.6 is 11.6 Å². The van der Waals surface area contributed by atoms with Crippen LogP contribution in [0.15, 0.2) is 18.2 Å². The first-order valence-corrected chi connectivity index (χ1v) is 6.46. The summed E-state index contributed by atoms with van der Waals surface area (Å²) in [4.78, 5) is 13.9. The topological polar surface area (TPSA) is 20.3 Å². The van der Waals surface area contributed by atoms with E-state index >= 15 is 0 Å². The van der Waals surface area contributed by atoms with Crippen molar-refractivity contribution in [1.29, 1.82) is 0 Å². The maximum atomic E-state index is 12.0. The Morgan fingerprint density at radius 3 is 2.71 bits per heavy atom. The number of anilines is 1. The molecule has 0 aromatic heterocycles. The number of halogens is 1. The predicted octanol–water partition coefficient (Wildman–Crippen LogP) is 3.80. The molecule has 0 spiro atoms. The lowest BCUT2D eigenvalue weighted by atomic mass is 10.0. The van der Waals surface area contributed by atoms with Crippen molar-refractivity contribution in [3.63, 3.8) is 0 Å². The molecule has 0 bridgehead atoms. The number of nitrogens with zero attached hydrogens (tertiary/aromatic N) is 1. The van der Waals surface area contributed by atoms with Crippen molar-refractivity contribution in [3.05, 3.63) is 28.8 Å². The molecule has 1 unspecified atom stereocenters. The minimum absolute atomic E-state index is 0.212. The number of benzene rings is 1. The molecule has 1 saturated heterocycles. The molecule has 3 heteroatoms. The predicted molar refractivity (Wildman–Crippen MR) is 71.5 cm³/mol. The number of carbonyl (C=O) groups excluding carboxylic acids is 1. The highest BCUT2D eigenvalue weighted by Gasteiger charge is 2.33. The lowest BCUT2D eigenvalue weighted by Crippen LogP contribution is -2.36. The minimum atomic E-state index is 0.212. The summed E-state index contributed by atoms with van der Waals surface area (Å²) in [6.45, 7) is 6.29. The van der Waals surface area contributed by atoms with Crippen LogP contribution in [-0.2, 0) is 4.79 Å². The molecule has 1 aliphatic heterocycles. The number of amides is 1. The van der Waals surface area contributed by atoms with E-state index < -0.39 is 0 Å². The summed E-state index contributed by atoms with van der Waals surface area (Å²) >= 11 is 6.13. The lowest BCUT2D eigenvalue weighted by Gasteiger charge is -2.28. The van der Waals surface area contributed by atoms with Crippen LogP contribution in [0.1, 0.15) is 32.3 Å². The highest BCUT2D eigenvalue weighted by Crippen LogP contribution is 2.32. The van der Waals surface area contributed by atoms with Crippen LogP contribution in [0.3, 0.4) is 0 Å². The van der Waals surface area contributed by atoms with Crippen molar-refractivity contribution in [3.8, 4) is 0 Å². The molecule has 0 saturated carbocycles. The summed E-state index contributed by atoms with van der Waals surface area (Å²) in [6, 6.07) is 6.16. The maximum absolute atomic E-state index is 12.0. The van der Waals surface area contributed by atoms with Crippen molar-refractivity contribution in [1.82, 2.24) is 0 Å². The summed E-state index contributed by atoms with van der Waals surface area (Å²) in [6.07, 6.45) is 1.59. The van der Waals surface area contributed by atoms with E-state index in [9.17, 15) is 4.79 Å². The SMILES string of the molecule is Cc1ccc(N2C(=O)CCC2C(C)C)cc1Cl. The summed E-state index contributed by atoms with van der Waals surface area (Å²) in [5, 5.41) is 0.727. The molecule has 17 heavy (non-hydrogen) atoms. The highest BCUT2D eigenvalue weighted by molar-refractivity contribution is 6.31. The molecular formula is C14H18ClNO. The Kier molecular flexibility index (Phi) is 3.43. The number of carbonyl (C=O) groups is 1. The average molecular weight is 252 g/mol. The number of aryl methyl sites for hydroxylation is 1. The van der Waals surface area contributed by atoms with Gasteiger partial charge >= 0.3 is 0 Å². The van der Waals surface area contributed by atoms with E-state index in [2.05, 4.69) is 13.8 Å². The highest BCUT2D eigenvalue weighted by atomic mass is 35.5. The first kappa shape index (κ1) is 12.4. The van der Waals surface area contributed by atoms with Crippen LogP contribution in [0.5, 0.6) is 0 Å². The molecule has 1 amide bonds. The van der Waals surface area contributed by atoms with Gasteiger partial charge < -0.3 is 4.90 Å². The normalized spacial score (nSPS) is 20.4. The second-order valence-corrected chi connectivity index (χ2v) is 5.45. The van der Waals surface area contributed by atoms with Gasteiger partial charge in [-0.1, -0.05) is 31.5 Å². The molecule has 1 aliphatic rings. The Labute approximate surface area is 108 Å². The van der Waals surface area contributed by atoms with Crippen LogP contribution in [0.25, 0.3) is 0 Å². The van der Waals surface area contributed by atoms with E-state index in [1.807, 2.05) is 30.0 Å². The molecule has 2 nitrogen and oxygen atoms in total. The van der Waals surface area contributed by atoms with Gasteiger partial charge in [0.2, 0.25) is 5.91 Å². The standard InChI is InChI=1S/C14H18ClNO/c1-9(2)13-6-7-14(17)16(13)11-5-4-10(3)12(15)8-11/h4-5,8-9,13H,6-7H2,1-3H3. The fraction of sp³-hybridized carbons (Fsp3) is 0.500. The van der Waals surface area contributed by atoms with Gasteiger partial charge in [0.1, 0.15) is 0 Å². The van der Waals surface area contributed by atoms with E-state index in [1.165, 1.54) is 0 Å². The van der Waals surface area contributed by atoms with E-state index in [0.717, 1.165) is 22.7 Å². The number of hydrogen-bond donors (Lipinski definition) is 0. The van der Waals surface area contributed by atoms with Gasteiger partial charge in [-0.2, -0.15) is 0 Å². The number of hydrogen-bond acceptors (Lipinski definition) is 1. The van der Waals surface area contributed by atoms with Crippen molar-refractivity contribution in [2.45, 2.75) is 39.7 Å². The largest absolute Gasteiger partial charge is 0.309 e. The molecule has 0 radical (unpaired) electrons. The zero-order valence-electron chi connectivity index (χ0n) is 10.5. The monoisotopic (exact) mass is 251 g/mol. The molecule has 1 fully saturated rings. The summed E-state index contributed by atoms with van der Waals surface area (Å²) < 4.78 is 0. The second kappa shape index (κ2) is 4.69. The Hall–Kier alpha value is -1.02. The Morgan fingerprint density at radius 2 is 2.12 bits per heavy atom. The smallest absolute Gasteiger partial charge is 0.227 e. The molecule has 92 valence electrons. The van der Waals surface area contributed by atoms with Gasteiger partial charge in [-0.15, -0.1) is 0 Å². The van der Waals surface area contributed by atoms with Gasteiger partial charge in [0.05, 0.1) is 0 Å². The van der Waals surface area contributed by atoms with E-state index in [4.69, 9.17) is 11.6 Å².